The topological polar surface area (TPSA) is 133 Å². The van der Waals surface area contributed by atoms with Crippen molar-refractivity contribution in [3.8, 4) is 0 Å². The SMILES string of the molecule is CC.CC(C)(C)OC(=O)N1CCC(Nc2cc(F)ccc2C(=N)c2cnc3c(n2)c(C(=O)O)cn3SF)CC1. The Morgan fingerprint density at radius 1 is 1.21 bits per heavy atom. The van der Waals surface area contributed by atoms with Crippen molar-refractivity contribution in [1.29, 1.82) is 5.41 Å². The second-order valence-corrected chi connectivity index (χ2v) is 10.2. The summed E-state index contributed by atoms with van der Waals surface area (Å²) in [6.07, 6.45) is 3.11. The van der Waals surface area contributed by atoms with Gasteiger partial charge < -0.3 is 20.1 Å². The Morgan fingerprint density at radius 2 is 1.87 bits per heavy atom. The molecule has 2 aromatic heterocycles. The molecule has 4 rings (SSSR count). The molecule has 0 spiro atoms. The number of benzene rings is 1. The van der Waals surface area contributed by atoms with Crippen LogP contribution in [-0.2, 0) is 4.74 Å². The number of hydrogen-bond acceptors (Lipinski definition) is 8. The van der Waals surface area contributed by atoms with Gasteiger partial charge in [0.05, 0.1) is 11.9 Å². The number of ether oxygens (including phenoxy) is 1. The van der Waals surface area contributed by atoms with Gasteiger partial charge in [-0.1, -0.05) is 13.8 Å². The zero-order valence-electron chi connectivity index (χ0n) is 22.4. The largest absolute Gasteiger partial charge is 0.478 e. The second-order valence-electron chi connectivity index (χ2n) is 9.62. The van der Waals surface area contributed by atoms with Gasteiger partial charge in [0.1, 0.15) is 28.2 Å². The molecule has 210 valence electrons. The maximum atomic E-state index is 14.2. The van der Waals surface area contributed by atoms with E-state index in [1.165, 1.54) is 24.4 Å². The summed E-state index contributed by atoms with van der Waals surface area (Å²) in [6.45, 7) is 10.3. The summed E-state index contributed by atoms with van der Waals surface area (Å²) in [7, 11) is 0. The number of piperidine rings is 1. The van der Waals surface area contributed by atoms with Crippen LogP contribution in [0.5, 0.6) is 0 Å². The molecule has 3 aromatic rings. The maximum Gasteiger partial charge on any atom is 0.410 e. The molecule has 10 nitrogen and oxygen atoms in total. The van der Waals surface area contributed by atoms with Crippen LogP contribution in [0.15, 0.2) is 30.6 Å². The summed E-state index contributed by atoms with van der Waals surface area (Å²) in [5.41, 5.74) is -0.268. The average Bonchev–Trinajstić information content (AvgIpc) is 3.27. The van der Waals surface area contributed by atoms with E-state index in [0.717, 1.165) is 10.2 Å². The molecule has 1 amide bonds. The zero-order valence-corrected chi connectivity index (χ0v) is 23.2. The highest BCUT2D eigenvalue weighted by Gasteiger charge is 2.28. The van der Waals surface area contributed by atoms with Gasteiger partial charge in [0.25, 0.3) is 0 Å². The molecule has 0 atom stereocenters. The van der Waals surface area contributed by atoms with Crippen molar-refractivity contribution in [2.75, 3.05) is 18.4 Å². The van der Waals surface area contributed by atoms with Crippen LogP contribution in [0.3, 0.4) is 0 Å². The number of aromatic nitrogens is 3. The van der Waals surface area contributed by atoms with Crippen LogP contribution in [0.4, 0.5) is 18.8 Å². The van der Waals surface area contributed by atoms with Crippen molar-refractivity contribution >= 4 is 47.0 Å². The second kappa shape index (κ2) is 12.4. The van der Waals surface area contributed by atoms with Gasteiger partial charge in [-0.2, -0.15) is 0 Å². The lowest BCUT2D eigenvalue weighted by Gasteiger charge is -2.34. The molecule has 1 aliphatic rings. The number of likely N-dealkylation sites (tertiary alicyclic amines) is 1. The minimum absolute atomic E-state index is 0.00986. The highest BCUT2D eigenvalue weighted by Crippen LogP contribution is 2.27. The first-order valence-electron chi connectivity index (χ1n) is 12.5. The number of fused-ring (bicyclic) bond motifs is 1. The Bertz CT molecular complexity index is 1370. The summed E-state index contributed by atoms with van der Waals surface area (Å²) in [6, 6.07) is 3.83. The van der Waals surface area contributed by atoms with Crippen molar-refractivity contribution in [2.45, 2.75) is 59.1 Å². The van der Waals surface area contributed by atoms with Crippen molar-refractivity contribution < 1.29 is 27.7 Å². The van der Waals surface area contributed by atoms with Crippen molar-refractivity contribution in [2.24, 2.45) is 0 Å². The van der Waals surface area contributed by atoms with Gasteiger partial charge in [0.15, 0.2) is 18.0 Å². The number of halogens is 2. The third-order valence-electron chi connectivity index (χ3n) is 5.78. The number of aromatic carboxylic acids is 1. The highest BCUT2D eigenvalue weighted by molar-refractivity contribution is 7.92. The summed E-state index contributed by atoms with van der Waals surface area (Å²) < 4.78 is 33.7. The fourth-order valence-corrected chi connectivity index (χ4v) is 4.38. The lowest BCUT2D eigenvalue weighted by Crippen LogP contribution is -2.44. The van der Waals surface area contributed by atoms with E-state index in [4.69, 9.17) is 10.1 Å². The minimum atomic E-state index is -1.31. The molecule has 1 fully saturated rings. The molecule has 1 saturated heterocycles. The molecule has 0 bridgehead atoms. The molecule has 0 radical (unpaired) electrons. The van der Waals surface area contributed by atoms with Gasteiger partial charge in [0.2, 0.25) is 0 Å². The van der Waals surface area contributed by atoms with E-state index in [1.54, 1.807) is 25.7 Å². The molecule has 3 heterocycles. The van der Waals surface area contributed by atoms with Gasteiger partial charge >= 0.3 is 12.1 Å². The Labute approximate surface area is 229 Å². The van der Waals surface area contributed by atoms with Gasteiger partial charge in [-0.25, -0.2) is 27.9 Å². The Hall–Kier alpha value is -3.74. The third kappa shape index (κ3) is 7.02. The molecule has 0 saturated carbocycles. The number of hydrogen-bond donors (Lipinski definition) is 3. The standard InChI is InChI=1S/C24H26F2N6O4S.C2H6/c1-24(2,3)36-23(35)31-8-6-14(7-9-31)29-17-10-13(25)4-5-15(17)19(27)18-11-28-21-20(30-18)16(22(33)34)12-32(21)37-26;1-2/h4-5,10-12,14,27,29H,6-9H2,1-3H3,(H,33,34);1-2H3. The number of carboxylic acid groups (broad SMARTS) is 1. The summed E-state index contributed by atoms with van der Waals surface area (Å²) >= 11 is -0.212. The summed E-state index contributed by atoms with van der Waals surface area (Å²) in [5, 5.41) is 21.4. The first-order valence-corrected chi connectivity index (χ1v) is 13.2. The van der Waals surface area contributed by atoms with Crippen LogP contribution in [0.25, 0.3) is 11.2 Å². The monoisotopic (exact) mass is 562 g/mol. The number of amides is 1. The van der Waals surface area contributed by atoms with Gasteiger partial charge in [-0.15, -0.1) is 3.89 Å². The number of rotatable bonds is 6. The lowest BCUT2D eigenvalue weighted by molar-refractivity contribution is 0.0210. The van der Waals surface area contributed by atoms with Gasteiger partial charge in [-0.3, -0.25) is 5.41 Å². The van der Waals surface area contributed by atoms with Crippen LogP contribution < -0.4 is 5.32 Å². The number of carbonyl (C=O) groups excluding carboxylic acids is 1. The van der Waals surface area contributed by atoms with E-state index in [-0.39, 0.29) is 52.6 Å². The van der Waals surface area contributed by atoms with E-state index in [2.05, 4.69) is 15.3 Å². The van der Waals surface area contributed by atoms with Crippen LogP contribution >= 0.6 is 12.3 Å². The predicted molar refractivity (Wildman–Crippen MR) is 147 cm³/mol. The predicted octanol–water partition coefficient (Wildman–Crippen LogP) is 5.90. The first kappa shape index (κ1) is 29.8. The van der Waals surface area contributed by atoms with Crippen LogP contribution in [0.1, 0.15) is 69.1 Å². The number of nitrogens with zero attached hydrogens (tertiary/aromatic N) is 4. The Balaban J connectivity index is 0.00000205. The molecule has 13 heteroatoms. The smallest absolute Gasteiger partial charge is 0.410 e. The van der Waals surface area contributed by atoms with Crippen LogP contribution in [-0.4, -0.2) is 66.5 Å². The van der Waals surface area contributed by atoms with Crippen molar-refractivity contribution in [1.82, 2.24) is 18.8 Å². The van der Waals surface area contributed by atoms with E-state index in [9.17, 15) is 23.0 Å². The van der Waals surface area contributed by atoms with Crippen molar-refractivity contribution in [3.05, 3.63) is 53.2 Å². The highest BCUT2D eigenvalue weighted by atomic mass is 32.2. The zero-order chi connectivity index (χ0) is 28.9. The van der Waals surface area contributed by atoms with Crippen molar-refractivity contribution in [3.63, 3.8) is 0 Å². The summed E-state index contributed by atoms with van der Waals surface area (Å²) in [5.74, 6) is -1.81. The quantitative estimate of drug-likeness (QED) is 0.316. The van der Waals surface area contributed by atoms with E-state index in [0.29, 0.717) is 37.2 Å². The normalized spacial score (nSPS) is 14.0. The molecule has 3 N–H and O–H groups in total. The fourth-order valence-electron chi connectivity index (χ4n) is 4.04. The molecule has 1 aromatic carbocycles. The summed E-state index contributed by atoms with van der Waals surface area (Å²) in [4.78, 5) is 33.9. The number of anilines is 1. The van der Waals surface area contributed by atoms with E-state index >= 15 is 0 Å². The van der Waals surface area contributed by atoms with E-state index < -0.39 is 17.4 Å². The molecule has 0 unspecified atom stereocenters. The first-order chi connectivity index (χ1) is 18.5. The maximum absolute atomic E-state index is 14.2. The minimum Gasteiger partial charge on any atom is -0.478 e. The number of nitrogens with one attached hydrogen (secondary N) is 2. The average molecular weight is 563 g/mol. The Morgan fingerprint density at radius 3 is 2.46 bits per heavy atom. The molecular weight excluding hydrogens is 530 g/mol. The molecule has 39 heavy (non-hydrogen) atoms. The number of carbonyl (C=O) groups is 2. The van der Waals surface area contributed by atoms with E-state index in [1.807, 2.05) is 13.8 Å². The van der Waals surface area contributed by atoms with Crippen LogP contribution in [0, 0.1) is 11.2 Å². The fraction of sp³-hybridized carbons (Fsp3) is 0.423. The molecule has 0 aliphatic carbocycles. The lowest BCUT2D eigenvalue weighted by atomic mass is 10.0. The van der Waals surface area contributed by atoms with Crippen LogP contribution in [0.2, 0.25) is 0 Å². The van der Waals surface area contributed by atoms with Gasteiger partial charge in [-0.05, 0) is 51.8 Å². The van der Waals surface area contributed by atoms with Gasteiger partial charge in [0, 0.05) is 36.6 Å². The molecule has 1 aliphatic heterocycles. The molecular formula is C26H32F2N6O4S. The third-order valence-corrected chi connectivity index (χ3v) is 6.21. The number of carboxylic acids is 1. The Kier molecular flexibility index (Phi) is 9.49.